The summed E-state index contributed by atoms with van der Waals surface area (Å²) in [6.45, 7) is 5.46. The largest absolute Gasteiger partial charge is 0.491 e. The zero-order valence-corrected chi connectivity index (χ0v) is 13.7. The second-order valence-electron chi connectivity index (χ2n) is 6.72. The van der Waals surface area contributed by atoms with Gasteiger partial charge in [0.2, 0.25) is 0 Å². The van der Waals surface area contributed by atoms with Crippen LogP contribution in [0.15, 0.2) is 24.3 Å². The van der Waals surface area contributed by atoms with E-state index in [1.54, 1.807) is 12.1 Å². The number of aliphatic hydroxyl groups excluding tert-OH is 1. The van der Waals surface area contributed by atoms with Crippen LogP contribution in [0.4, 0.5) is 4.39 Å². The molecule has 0 saturated carbocycles. The first-order valence-corrected chi connectivity index (χ1v) is 8.73. The van der Waals surface area contributed by atoms with Crippen molar-refractivity contribution in [3.8, 4) is 5.75 Å². The Labute approximate surface area is 137 Å². The number of nitrogens with zero attached hydrogens (tertiary/aromatic N) is 2. The van der Waals surface area contributed by atoms with Crippen molar-refractivity contribution in [2.75, 3.05) is 39.3 Å². The van der Waals surface area contributed by atoms with Gasteiger partial charge in [0, 0.05) is 19.1 Å². The summed E-state index contributed by atoms with van der Waals surface area (Å²) in [5, 5.41) is 10.2. The van der Waals surface area contributed by atoms with Gasteiger partial charge in [0.1, 0.15) is 24.3 Å². The van der Waals surface area contributed by atoms with Gasteiger partial charge in [-0.2, -0.15) is 0 Å². The van der Waals surface area contributed by atoms with Gasteiger partial charge in [0.15, 0.2) is 0 Å². The Balaban J connectivity index is 1.41. The average Bonchev–Trinajstić information content (AvgIpc) is 3.09. The molecule has 2 fully saturated rings. The van der Waals surface area contributed by atoms with E-state index in [-0.39, 0.29) is 12.4 Å². The van der Waals surface area contributed by atoms with E-state index < -0.39 is 6.10 Å². The van der Waals surface area contributed by atoms with Gasteiger partial charge in [-0.05, 0) is 69.6 Å². The Bertz CT molecular complexity index is 476. The maximum absolute atomic E-state index is 12.8. The highest BCUT2D eigenvalue weighted by molar-refractivity contribution is 5.22. The molecule has 0 aliphatic carbocycles. The highest BCUT2D eigenvalue weighted by atomic mass is 19.1. The minimum Gasteiger partial charge on any atom is -0.491 e. The van der Waals surface area contributed by atoms with Gasteiger partial charge in [-0.3, -0.25) is 9.80 Å². The van der Waals surface area contributed by atoms with Gasteiger partial charge in [0.25, 0.3) is 0 Å². The molecule has 4 nitrogen and oxygen atoms in total. The highest BCUT2D eigenvalue weighted by Crippen LogP contribution is 2.20. The Hall–Kier alpha value is -1.17. The second kappa shape index (κ2) is 8.08. The molecule has 1 aromatic rings. The van der Waals surface area contributed by atoms with Crippen molar-refractivity contribution in [3.05, 3.63) is 30.1 Å². The quantitative estimate of drug-likeness (QED) is 0.870. The molecular formula is C18H27FN2O2. The van der Waals surface area contributed by atoms with Gasteiger partial charge < -0.3 is 9.84 Å². The normalized spacial score (nSPS) is 24.7. The molecule has 23 heavy (non-hydrogen) atoms. The van der Waals surface area contributed by atoms with E-state index in [1.165, 1.54) is 50.9 Å². The first-order chi connectivity index (χ1) is 11.2. The average molecular weight is 322 g/mol. The topological polar surface area (TPSA) is 35.9 Å². The fraction of sp³-hybridized carbons (Fsp3) is 0.667. The summed E-state index contributed by atoms with van der Waals surface area (Å²) in [5.41, 5.74) is 0. The van der Waals surface area contributed by atoms with E-state index >= 15 is 0 Å². The minimum atomic E-state index is -0.516. The molecule has 0 aromatic heterocycles. The van der Waals surface area contributed by atoms with Crippen molar-refractivity contribution in [1.82, 2.24) is 9.80 Å². The summed E-state index contributed by atoms with van der Waals surface area (Å²) in [4.78, 5) is 4.96. The molecule has 1 aromatic carbocycles. The van der Waals surface area contributed by atoms with E-state index in [4.69, 9.17) is 4.74 Å². The smallest absolute Gasteiger partial charge is 0.123 e. The molecule has 0 unspecified atom stereocenters. The van der Waals surface area contributed by atoms with Gasteiger partial charge in [0.05, 0.1) is 0 Å². The van der Waals surface area contributed by atoms with E-state index in [2.05, 4.69) is 9.80 Å². The van der Waals surface area contributed by atoms with Crippen molar-refractivity contribution in [3.63, 3.8) is 0 Å². The first kappa shape index (κ1) is 16.7. The number of hydrogen-bond acceptors (Lipinski definition) is 4. The van der Waals surface area contributed by atoms with Crippen molar-refractivity contribution in [1.29, 1.82) is 0 Å². The molecule has 2 heterocycles. The Morgan fingerprint density at radius 2 is 1.87 bits per heavy atom. The monoisotopic (exact) mass is 322 g/mol. The number of β-amino-alcohol motifs (C(OH)–C–C–N with tert-alkyl or cyclic N) is 1. The van der Waals surface area contributed by atoms with Crippen molar-refractivity contribution < 1.29 is 14.2 Å². The van der Waals surface area contributed by atoms with E-state index in [1.807, 2.05) is 0 Å². The van der Waals surface area contributed by atoms with E-state index in [0.717, 1.165) is 13.1 Å². The molecule has 3 rings (SSSR count). The van der Waals surface area contributed by atoms with Gasteiger partial charge in [-0.25, -0.2) is 4.39 Å². The number of likely N-dealkylation sites (tertiary alicyclic amines) is 2. The second-order valence-corrected chi connectivity index (χ2v) is 6.72. The number of halogens is 1. The summed E-state index contributed by atoms with van der Waals surface area (Å²) < 4.78 is 18.4. The molecule has 0 bridgehead atoms. The van der Waals surface area contributed by atoms with Crippen LogP contribution in [0.25, 0.3) is 0 Å². The van der Waals surface area contributed by atoms with Crippen LogP contribution in [-0.4, -0.2) is 66.4 Å². The number of ether oxygens (including phenoxy) is 1. The molecule has 128 valence electrons. The minimum absolute atomic E-state index is 0.247. The lowest BCUT2D eigenvalue weighted by Crippen LogP contribution is -2.49. The number of rotatable bonds is 6. The van der Waals surface area contributed by atoms with Crippen LogP contribution in [0.5, 0.6) is 5.75 Å². The SMILES string of the molecule is O[C@H](COc1ccc(F)cc1)CN1CCC[C@H](N2CCCC2)C1. The summed E-state index contributed by atoms with van der Waals surface area (Å²) in [7, 11) is 0. The predicted molar refractivity (Wildman–Crippen MR) is 88.2 cm³/mol. The van der Waals surface area contributed by atoms with Crippen LogP contribution in [0.2, 0.25) is 0 Å². The van der Waals surface area contributed by atoms with Gasteiger partial charge in [-0.1, -0.05) is 0 Å². The van der Waals surface area contributed by atoms with Gasteiger partial charge >= 0.3 is 0 Å². The van der Waals surface area contributed by atoms with Crippen molar-refractivity contribution in [2.24, 2.45) is 0 Å². The molecule has 5 heteroatoms. The summed E-state index contributed by atoms with van der Waals surface area (Å²) in [6.07, 6.45) is 4.61. The zero-order valence-electron chi connectivity index (χ0n) is 13.7. The molecular weight excluding hydrogens is 295 g/mol. The van der Waals surface area contributed by atoms with Crippen LogP contribution >= 0.6 is 0 Å². The van der Waals surface area contributed by atoms with E-state index in [9.17, 15) is 9.50 Å². The Morgan fingerprint density at radius 3 is 2.61 bits per heavy atom. The Morgan fingerprint density at radius 1 is 1.13 bits per heavy atom. The van der Waals surface area contributed by atoms with Crippen LogP contribution in [0, 0.1) is 5.82 Å². The van der Waals surface area contributed by atoms with Crippen LogP contribution in [0.1, 0.15) is 25.7 Å². The molecule has 0 radical (unpaired) electrons. The standard InChI is InChI=1S/C18H27FN2O2/c19-15-5-7-18(8-6-15)23-14-17(22)13-20-9-3-4-16(12-20)21-10-1-2-11-21/h5-8,16-17,22H,1-4,9-14H2/t16-,17-/m0/s1. The number of aliphatic hydroxyl groups is 1. The van der Waals surface area contributed by atoms with Crippen molar-refractivity contribution in [2.45, 2.75) is 37.8 Å². The number of hydrogen-bond donors (Lipinski definition) is 1. The fourth-order valence-electron chi connectivity index (χ4n) is 3.68. The fourth-order valence-corrected chi connectivity index (χ4v) is 3.68. The maximum atomic E-state index is 12.8. The summed E-state index contributed by atoms with van der Waals surface area (Å²) in [5.74, 6) is 0.318. The Kier molecular flexibility index (Phi) is 5.86. The molecule has 2 saturated heterocycles. The summed E-state index contributed by atoms with van der Waals surface area (Å²) >= 11 is 0. The van der Waals surface area contributed by atoms with Crippen LogP contribution in [0.3, 0.4) is 0 Å². The number of benzene rings is 1. The molecule has 2 aliphatic heterocycles. The molecule has 2 atom stereocenters. The first-order valence-electron chi connectivity index (χ1n) is 8.73. The molecule has 0 spiro atoms. The van der Waals surface area contributed by atoms with Crippen LogP contribution < -0.4 is 4.74 Å². The van der Waals surface area contributed by atoms with Gasteiger partial charge in [-0.15, -0.1) is 0 Å². The van der Waals surface area contributed by atoms with E-state index in [0.29, 0.717) is 18.3 Å². The van der Waals surface area contributed by atoms with Crippen LogP contribution in [-0.2, 0) is 0 Å². The highest BCUT2D eigenvalue weighted by Gasteiger charge is 2.27. The maximum Gasteiger partial charge on any atom is 0.123 e. The lowest BCUT2D eigenvalue weighted by Gasteiger charge is -2.38. The zero-order chi connectivity index (χ0) is 16.1. The third-order valence-corrected chi connectivity index (χ3v) is 4.86. The molecule has 2 aliphatic rings. The third-order valence-electron chi connectivity index (χ3n) is 4.86. The third kappa shape index (κ3) is 4.90. The predicted octanol–water partition coefficient (Wildman–Crippen LogP) is 2.13. The molecule has 0 amide bonds. The lowest BCUT2D eigenvalue weighted by molar-refractivity contribution is 0.0416. The lowest BCUT2D eigenvalue weighted by atomic mass is 10.0. The number of piperidine rings is 1. The summed E-state index contributed by atoms with van der Waals surface area (Å²) in [6, 6.07) is 6.56. The van der Waals surface area contributed by atoms with Crippen molar-refractivity contribution >= 4 is 0 Å². The molecule has 1 N–H and O–H groups in total.